The first-order chi connectivity index (χ1) is 8.63. The van der Waals surface area contributed by atoms with Crippen LogP contribution >= 0.6 is 0 Å². The van der Waals surface area contributed by atoms with Gasteiger partial charge in [0.15, 0.2) is 0 Å². The molecule has 5 heteroatoms. The Balaban J connectivity index is 1.98. The number of hydrogen-bond donors (Lipinski definition) is 3. The maximum Gasteiger partial charge on any atom is 0.324 e. The second-order valence-corrected chi connectivity index (χ2v) is 3.87. The number of benzene rings is 1. The van der Waals surface area contributed by atoms with Gasteiger partial charge in [-0.1, -0.05) is 6.07 Å². The van der Waals surface area contributed by atoms with Gasteiger partial charge < -0.3 is 11.1 Å². The van der Waals surface area contributed by atoms with E-state index in [0.29, 0.717) is 17.2 Å². The van der Waals surface area contributed by atoms with Crippen LogP contribution < -0.4 is 16.4 Å². The second-order valence-electron chi connectivity index (χ2n) is 3.87. The molecule has 4 N–H and O–H groups in total. The van der Waals surface area contributed by atoms with E-state index in [-0.39, 0.29) is 6.03 Å². The van der Waals surface area contributed by atoms with E-state index in [0.717, 1.165) is 5.69 Å². The monoisotopic (exact) mass is 242 g/mol. The molecule has 92 valence electrons. The van der Waals surface area contributed by atoms with Crippen LogP contribution in [0.3, 0.4) is 0 Å². The van der Waals surface area contributed by atoms with Gasteiger partial charge in [0, 0.05) is 17.1 Å². The van der Waals surface area contributed by atoms with Crippen LogP contribution in [0.2, 0.25) is 0 Å². The Morgan fingerprint density at radius 3 is 2.50 bits per heavy atom. The number of carbonyl (C=O) groups excluding carboxylic acids is 1. The second kappa shape index (κ2) is 5.18. The predicted octanol–water partition coefficient (Wildman–Crippen LogP) is 2.62. The molecule has 2 amide bonds. The van der Waals surface area contributed by atoms with Crippen molar-refractivity contribution in [3.8, 4) is 0 Å². The number of nitrogens with zero attached hydrogens (tertiary/aromatic N) is 1. The van der Waals surface area contributed by atoms with Crippen molar-refractivity contribution in [3.05, 3.63) is 48.2 Å². The number of urea groups is 1. The molecule has 0 saturated heterocycles. The van der Waals surface area contributed by atoms with Gasteiger partial charge in [-0.05, 0) is 43.3 Å². The van der Waals surface area contributed by atoms with Gasteiger partial charge in [-0.15, -0.1) is 0 Å². The first-order valence-electron chi connectivity index (χ1n) is 5.51. The number of aromatic nitrogens is 1. The lowest BCUT2D eigenvalue weighted by Crippen LogP contribution is -2.20. The number of nitrogens with one attached hydrogen (secondary N) is 2. The zero-order chi connectivity index (χ0) is 13.0. The molecule has 0 spiro atoms. The minimum absolute atomic E-state index is 0.335. The smallest absolute Gasteiger partial charge is 0.324 e. The third-order valence-electron chi connectivity index (χ3n) is 2.30. The number of amides is 2. The summed E-state index contributed by atoms with van der Waals surface area (Å²) in [4.78, 5) is 15.9. The molecule has 0 fully saturated rings. The van der Waals surface area contributed by atoms with Crippen molar-refractivity contribution >= 4 is 23.2 Å². The van der Waals surface area contributed by atoms with E-state index in [1.165, 1.54) is 0 Å². The van der Waals surface area contributed by atoms with Crippen LogP contribution in [0.4, 0.5) is 22.0 Å². The van der Waals surface area contributed by atoms with Crippen molar-refractivity contribution in [2.24, 2.45) is 0 Å². The average Bonchev–Trinajstić information content (AvgIpc) is 2.32. The summed E-state index contributed by atoms with van der Waals surface area (Å²) in [6.45, 7) is 1.86. The normalized spacial score (nSPS) is 9.83. The van der Waals surface area contributed by atoms with Gasteiger partial charge in [0.1, 0.15) is 5.82 Å². The lowest BCUT2D eigenvalue weighted by molar-refractivity contribution is 0.262. The maximum atomic E-state index is 11.7. The van der Waals surface area contributed by atoms with Crippen molar-refractivity contribution in [3.63, 3.8) is 0 Å². The number of rotatable bonds is 2. The Bertz CT molecular complexity index is 551. The zero-order valence-corrected chi connectivity index (χ0v) is 9.97. The van der Waals surface area contributed by atoms with E-state index in [2.05, 4.69) is 15.6 Å². The molecule has 0 bridgehead atoms. The largest absolute Gasteiger partial charge is 0.399 e. The topological polar surface area (TPSA) is 80.0 Å². The van der Waals surface area contributed by atoms with E-state index >= 15 is 0 Å². The van der Waals surface area contributed by atoms with Crippen molar-refractivity contribution in [1.82, 2.24) is 4.98 Å². The average molecular weight is 242 g/mol. The van der Waals surface area contributed by atoms with Gasteiger partial charge in [-0.3, -0.25) is 5.32 Å². The maximum absolute atomic E-state index is 11.7. The van der Waals surface area contributed by atoms with Gasteiger partial charge in [-0.25, -0.2) is 9.78 Å². The molecular weight excluding hydrogens is 228 g/mol. The molecule has 0 radical (unpaired) electrons. The number of anilines is 3. The fraction of sp³-hybridized carbons (Fsp3) is 0.0769. The molecule has 1 aromatic heterocycles. The van der Waals surface area contributed by atoms with Crippen LogP contribution in [0.1, 0.15) is 5.69 Å². The molecule has 0 atom stereocenters. The molecule has 0 saturated carbocycles. The Hall–Kier alpha value is -2.56. The summed E-state index contributed by atoms with van der Waals surface area (Å²) in [5.41, 5.74) is 7.74. The fourth-order valence-electron chi connectivity index (χ4n) is 1.46. The first-order valence-corrected chi connectivity index (χ1v) is 5.51. The molecule has 2 rings (SSSR count). The molecule has 1 aromatic carbocycles. The molecule has 1 heterocycles. The highest BCUT2D eigenvalue weighted by Gasteiger charge is 2.03. The fourth-order valence-corrected chi connectivity index (χ4v) is 1.46. The standard InChI is InChI=1S/C13H14N4O/c1-9-3-2-4-12(15-9)17-13(18)16-11-7-5-10(14)6-8-11/h2-8H,14H2,1H3,(H2,15,16,17,18). The zero-order valence-electron chi connectivity index (χ0n) is 9.97. The Morgan fingerprint density at radius 1 is 1.11 bits per heavy atom. The van der Waals surface area contributed by atoms with Crippen molar-refractivity contribution < 1.29 is 4.79 Å². The molecule has 2 aromatic rings. The summed E-state index contributed by atoms with van der Waals surface area (Å²) >= 11 is 0. The summed E-state index contributed by atoms with van der Waals surface area (Å²) < 4.78 is 0. The summed E-state index contributed by atoms with van der Waals surface area (Å²) in [7, 11) is 0. The lowest BCUT2D eigenvalue weighted by atomic mass is 10.3. The molecule has 0 unspecified atom stereocenters. The molecule has 18 heavy (non-hydrogen) atoms. The van der Waals surface area contributed by atoms with Gasteiger partial charge >= 0.3 is 6.03 Å². The molecule has 0 aliphatic carbocycles. The van der Waals surface area contributed by atoms with E-state index < -0.39 is 0 Å². The predicted molar refractivity (Wildman–Crippen MR) is 72.5 cm³/mol. The van der Waals surface area contributed by atoms with Crippen LogP contribution in [0, 0.1) is 6.92 Å². The van der Waals surface area contributed by atoms with E-state index in [4.69, 9.17) is 5.73 Å². The molecule has 0 aliphatic rings. The highest BCUT2D eigenvalue weighted by Crippen LogP contribution is 2.11. The van der Waals surface area contributed by atoms with Crippen molar-refractivity contribution in [2.45, 2.75) is 6.92 Å². The van der Waals surface area contributed by atoms with E-state index in [1.807, 2.05) is 19.1 Å². The van der Waals surface area contributed by atoms with E-state index in [9.17, 15) is 4.79 Å². The number of aryl methyl sites for hydroxylation is 1. The lowest BCUT2D eigenvalue weighted by Gasteiger charge is -2.07. The number of hydrogen-bond acceptors (Lipinski definition) is 3. The number of carbonyl (C=O) groups is 1. The van der Waals surface area contributed by atoms with Crippen LogP contribution in [-0.4, -0.2) is 11.0 Å². The van der Waals surface area contributed by atoms with E-state index in [1.54, 1.807) is 30.3 Å². The molecule has 5 nitrogen and oxygen atoms in total. The summed E-state index contributed by atoms with van der Waals surface area (Å²) in [5.74, 6) is 0.517. The Kier molecular flexibility index (Phi) is 3.43. The number of pyridine rings is 1. The summed E-state index contributed by atoms with van der Waals surface area (Å²) in [6.07, 6.45) is 0. The van der Waals surface area contributed by atoms with Gasteiger partial charge in [-0.2, -0.15) is 0 Å². The molecule has 0 aliphatic heterocycles. The quantitative estimate of drug-likeness (QED) is 0.708. The number of nitrogens with two attached hydrogens (primary N) is 1. The Morgan fingerprint density at radius 2 is 1.83 bits per heavy atom. The van der Waals surface area contributed by atoms with Crippen LogP contribution in [0.15, 0.2) is 42.5 Å². The van der Waals surface area contributed by atoms with Crippen molar-refractivity contribution in [1.29, 1.82) is 0 Å². The Labute approximate surface area is 105 Å². The van der Waals surface area contributed by atoms with Gasteiger partial charge in [0.05, 0.1) is 0 Å². The van der Waals surface area contributed by atoms with Crippen LogP contribution in [0.5, 0.6) is 0 Å². The minimum atomic E-state index is -0.335. The third-order valence-corrected chi connectivity index (χ3v) is 2.30. The number of nitrogen functional groups attached to an aromatic ring is 1. The first kappa shape index (κ1) is 11.9. The minimum Gasteiger partial charge on any atom is -0.399 e. The summed E-state index contributed by atoms with van der Waals surface area (Å²) in [6, 6.07) is 12.0. The van der Waals surface area contributed by atoms with Crippen LogP contribution in [0.25, 0.3) is 0 Å². The van der Waals surface area contributed by atoms with Gasteiger partial charge in [0.2, 0.25) is 0 Å². The highest BCUT2D eigenvalue weighted by molar-refractivity contribution is 5.99. The molecular formula is C13H14N4O. The van der Waals surface area contributed by atoms with Crippen LogP contribution in [-0.2, 0) is 0 Å². The van der Waals surface area contributed by atoms with Crippen molar-refractivity contribution in [2.75, 3.05) is 16.4 Å². The third kappa shape index (κ3) is 3.21. The van der Waals surface area contributed by atoms with Gasteiger partial charge in [0.25, 0.3) is 0 Å². The SMILES string of the molecule is Cc1cccc(NC(=O)Nc2ccc(N)cc2)n1. The highest BCUT2D eigenvalue weighted by atomic mass is 16.2. The summed E-state index contributed by atoms with van der Waals surface area (Å²) in [5, 5.41) is 5.34.